The van der Waals surface area contributed by atoms with Crippen molar-refractivity contribution in [3.05, 3.63) is 75.5 Å². The van der Waals surface area contributed by atoms with Gasteiger partial charge in [-0.1, -0.05) is 54.2 Å². The van der Waals surface area contributed by atoms with Crippen LogP contribution in [0.1, 0.15) is 18.9 Å². The highest BCUT2D eigenvalue weighted by Crippen LogP contribution is 2.22. The van der Waals surface area contributed by atoms with E-state index in [1.807, 2.05) is 53.6 Å². The van der Waals surface area contributed by atoms with E-state index < -0.39 is 0 Å². The van der Waals surface area contributed by atoms with Gasteiger partial charge in [0.1, 0.15) is 16.4 Å². The molecule has 2 aromatic rings. The van der Waals surface area contributed by atoms with Crippen LogP contribution in [0.2, 0.25) is 0 Å². The lowest BCUT2D eigenvalue weighted by molar-refractivity contribution is 1.32. The summed E-state index contributed by atoms with van der Waals surface area (Å²) in [6, 6.07) is 0. The summed E-state index contributed by atoms with van der Waals surface area (Å²) in [5, 5.41) is 5.04. The Hall–Kier alpha value is -2.04. The van der Waals surface area contributed by atoms with Gasteiger partial charge in [-0.25, -0.2) is 9.97 Å². The normalized spacial score (nSPS) is 13.4. The number of rotatable bonds is 6. The highest BCUT2D eigenvalue weighted by Gasteiger charge is 2.03. The van der Waals surface area contributed by atoms with Gasteiger partial charge in [-0.05, 0) is 19.9 Å². The van der Waals surface area contributed by atoms with Crippen LogP contribution in [0.3, 0.4) is 0 Å². The van der Waals surface area contributed by atoms with E-state index in [9.17, 15) is 0 Å². The smallest absolute Gasteiger partial charge is 0.116 e. The summed E-state index contributed by atoms with van der Waals surface area (Å²) in [6.07, 6.45) is 14.1. The first-order valence-electron chi connectivity index (χ1n) is 6.85. The Kier molecular flexibility index (Phi) is 6.25. The lowest BCUT2D eigenvalue weighted by atomic mass is 10.2. The van der Waals surface area contributed by atoms with E-state index in [-0.39, 0.29) is 0 Å². The van der Waals surface area contributed by atoms with E-state index in [4.69, 9.17) is 0 Å². The Morgan fingerprint density at radius 1 is 1.09 bits per heavy atom. The molecule has 2 aromatic heterocycles. The fourth-order valence-electron chi connectivity index (χ4n) is 1.56. The molecule has 0 amide bonds. The summed E-state index contributed by atoms with van der Waals surface area (Å²) in [5.41, 5.74) is 6.03. The molecule has 0 N–H and O–H groups in total. The van der Waals surface area contributed by atoms with E-state index in [2.05, 4.69) is 35.6 Å². The minimum absolute atomic E-state index is 0.942. The molecule has 112 valence electrons. The van der Waals surface area contributed by atoms with E-state index in [0.717, 1.165) is 22.0 Å². The molecule has 4 heteroatoms. The first-order chi connectivity index (χ1) is 10.7. The molecule has 0 bridgehead atoms. The van der Waals surface area contributed by atoms with Crippen molar-refractivity contribution < 1.29 is 0 Å². The zero-order valence-electron chi connectivity index (χ0n) is 12.7. The molecule has 0 fully saturated rings. The summed E-state index contributed by atoms with van der Waals surface area (Å²) in [4.78, 5) is 8.84. The molecule has 22 heavy (non-hydrogen) atoms. The van der Waals surface area contributed by atoms with E-state index in [1.165, 1.54) is 5.57 Å². The van der Waals surface area contributed by atoms with Crippen molar-refractivity contribution in [1.29, 1.82) is 0 Å². The monoisotopic (exact) mass is 326 g/mol. The van der Waals surface area contributed by atoms with Crippen LogP contribution < -0.4 is 0 Å². The van der Waals surface area contributed by atoms with Gasteiger partial charge in [0.2, 0.25) is 0 Å². The summed E-state index contributed by atoms with van der Waals surface area (Å²) in [6.45, 7) is 7.81. The molecular weight excluding hydrogens is 308 g/mol. The molecule has 0 atom stereocenters. The summed E-state index contributed by atoms with van der Waals surface area (Å²) in [5.74, 6) is 0. The molecular formula is C18H18N2S2. The van der Waals surface area contributed by atoms with Gasteiger partial charge < -0.3 is 0 Å². The largest absolute Gasteiger partial charge is 0.243 e. The zero-order chi connectivity index (χ0) is 15.8. The van der Waals surface area contributed by atoms with E-state index >= 15 is 0 Å². The molecule has 2 heterocycles. The minimum Gasteiger partial charge on any atom is -0.243 e. The summed E-state index contributed by atoms with van der Waals surface area (Å²) >= 11 is 3.21. The predicted octanol–water partition coefficient (Wildman–Crippen LogP) is 5.91. The first kappa shape index (κ1) is 16.3. The maximum absolute atomic E-state index is 4.57. The van der Waals surface area contributed by atoms with Crippen LogP contribution in [0.25, 0.3) is 17.5 Å². The van der Waals surface area contributed by atoms with Crippen LogP contribution in [0, 0.1) is 0 Å². The molecule has 0 aliphatic rings. The molecule has 0 aliphatic heterocycles. The quantitative estimate of drug-likeness (QED) is 0.616. The number of hydrogen-bond donors (Lipinski definition) is 0. The average Bonchev–Trinajstić information content (AvgIpc) is 3.19. The molecule has 0 saturated carbocycles. The van der Waals surface area contributed by atoms with E-state index in [1.54, 1.807) is 22.7 Å². The van der Waals surface area contributed by atoms with Gasteiger partial charge in [0, 0.05) is 10.8 Å². The third-order valence-electron chi connectivity index (χ3n) is 2.86. The molecule has 2 rings (SSSR count). The molecule has 0 radical (unpaired) electrons. The molecule has 0 unspecified atom stereocenters. The summed E-state index contributed by atoms with van der Waals surface area (Å²) in [7, 11) is 0. The molecule has 2 nitrogen and oxygen atoms in total. The predicted molar refractivity (Wildman–Crippen MR) is 99.1 cm³/mol. The lowest BCUT2D eigenvalue weighted by Crippen LogP contribution is -1.76. The second-order valence-corrected chi connectivity index (χ2v) is 6.30. The standard InChI is InChI=1S/C18H18N2S2/c1-4-14(2)7-5-6-8-15(3)9-10-18-20-17(12-22-18)16-11-21-13-19-16/h4-13H,1H2,2-3H3/b6-5+,10-9+,14-7+,15-8+. The third-order valence-corrected chi connectivity index (χ3v) is 4.25. The van der Waals surface area contributed by atoms with Crippen LogP contribution >= 0.6 is 22.7 Å². The number of aromatic nitrogens is 2. The number of nitrogens with zero attached hydrogens (tertiary/aromatic N) is 2. The Balaban J connectivity index is 1.98. The van der Waals surface area contributed by atoms with Crippen LogP contribution in [0.5, 0.6) is 0 Å². The first-order valence-corrected chi connectivity index (χ1v) is 8.68. The minimum atomic E-state index is 0.942. The van der Waals surface area contributed by atoms with Crippen LogP contribution in [0.15, 0.2) is 70.5 Å². The topological polar surface area (TPSA) is 25.8 Å². The Morgan fingerprint density at radius 3 is 2.55 bits per heavy atom. The second-order valence-electron chi connectivity index (χ2n) is 4.69. The summed E-state index contributed by atoms with van der Waals surface area (Å²) < 4.78 is 0. The van der Waals surface area contributed by atoms with Gasteiger partial charge in [0.05, 0.1) is 5.51 Å². The third kappa shape index (κ3) is 5.06. The highest BCUT2D eigenvalue weighted by molar-refractivity contribution is 7.11. The zero-order valence-corrected chi connectivity index (χ0v) is 14.3. The number of hydrogen-bond acceptors (Lipinski definition) is 4. The molecule has 0 spiro atoms. The fourth-order valence-corrected chi connectivity index (χ4v) is 2.81. The Morgan fingerprint density at radius 2 is 1.86 bits per heavy atom. The van der Waals surface area contributed by atoms with Crippen LogP contribution in [0.4, 0.5) is 0 Å². The fraction of sp³-hybridized carbons (Fsp3) is 0.111. The van der Waals surface area contributed by atoms with Gasteiger partial charge >= 0.3 is 0 Å². The highest BCUT2D eigenvalue weighted by atomic mass is 32.1. The Labute approximate surface area is 139 Å². The van der Waals surface area contributed by atoms with Crippen LogP contribution in [-0.2, 0) is 0 Å². The van der Waals surface area contributed by atoms with Crippen molar-refractivity contribution in [1.82, 2.24) is 9.97 Å². The number of allylic oxidation sites excluding steroid dienone is 8. The maximum atomic E-state index is 4.57. The van der Waals surface area contributed by atoms with Gasteiger partial charge in [0.15, 0.2) is 0 Å². The van der Waals surface area contributed by atoms with Gasteiger partial charge in [-0.3, -0.25) is 0 Å². The maximum Gasteiger partial charge on any atom is 0.116 e. The van der Waals surface area contributed by atoms with Gasteiger partial charge in [-0.15, -0.1) is 22.7 Å². The van der Waals surface area contributed by atoms with Crippen molar-refractivity contribution in [2.24, 2.45) is 0 Å². The van der Waals surface area contributed by atoms with Crippen molar-refractivity contribution in [2.45, 2.75) is 13.8 Å². The molecule has 0 aromatic carbocycles. The number of thiazole rings is 2. The molecule has 0 aliphatic carbocycles. The van der Waals surface area contributed by atoms with Crippen LogP contribution in [-0.4, -0.2) is 9.97 Å². The van der Waals surface area contributed by atoms with Crippen molar-refractivity contribution in [3.63, 3.8) is 0 Å². The average molecular weight is 326 g/mol. The van der Waals surface area contributed by atoms with Crippen molar-refractivity contribution in [2.75, 3.05) is 0 Å². The van der Waals surface area contributed by atoms with E-state index in [0.29, 0.717) is 0 Å². The SMILES string of the molecule is C=C/C(C)=C/C=C/C=C(C)/C=C/c1nc(-c2cscn2)cs1. The van der Waals surface area contributed by atoms with Gasteiger partial charge in [0.25, 0.3) is 0 Å². The Bertz CT molecular complexity index is 729. The molecule has 0 saturated heterocycles. The lowest BCUT2D eigenvalue weighted by Gasteiger charge is -1.89. The van der Waals surface area contributed by atoms with Crippen molar-refractivity contribution in [3.8, 4) is 11.4 Å². The van der Waals surface area contributed by atoms with Crippen molar-refractivity contribution >= 4 is 28.7 Å². The second kappa shape index (κ2) is 8.41. The van der Waals surface area contributed by atoms with Gasteiger partial charge in [-0.2, -0.15) is 0 Å².